The van der Waals surface area contributed by atoms with Gasteiger partial charge in [0.1, 0.15) is 5.60 Å². The smallest absolute Gasteiger partial charge is 0.344 e. The number of methoxy groups -OCH3 is 1. The van der Waals surface area contributed by atoms with Crippen molar-refractivity contribution in [3.63, 3.8) is 0 Å². The van der Waals surface area contributed by atoms with Crippen LogP contribution in [-0.2, 0) is 19.1 Å². The Bertz CT molecular complexity index is 843. The normalized spacial score (nSPS) is 14.7. The van der Waals surface area contributed by atoms with E-state index < -0.39 is 29.2 Å². The minimum atomic E-state index is -2.30. The molecule has 6 heteroatoms. The van der Waals surface area contributed by atoms with Gasteiger partial charge in [0, 0.05) is 5.69 Å². The van der Waals surface area contributed by atoms with Crippen molar-refractivity contribution in [2.75, 3.05) is 12.4 Å². The summed E-state index contributed by atoms with van der Waals surface area (Å²) in [6, 6.07) is 16.5. The van der Waals surface area contributed by atoms with Crippen molar-refractivity contribution < 1.29 is 24.2 Å². The number of hydrogen-bond acceptors (Lipinski definition) is 6. The van der Waals surface area contributed by atoms with Gasteiger partial charge in [0.2, 0.25) is 5.60 Å². The van der Waals surface area contributed by atoms with Crippen molar-refractivity contribution in [3.05, 3.63) is 72.3 Å². The van der Waals surface area contributed by atoms with Gasteiger partial charge in [-0.25, -0.2) is 9.59 Å². The van der Waals surface area contributed by atoms with E-state index in [1.165, 1.54) is 6.08 Å². The molecule has 0 fully saturated rings. The number of aliphatic hydroxyl groups is 1. The first kappa shape index (κ1) is 22.2. The van der Waals surface area contributed by atoms with Crippen LogP contribution in [0.5, 0.6) is 0 Å². The summed E-state index contributed by atoms with van der Waals surface area (Å²) in [6.07, 6.45) is 2.81. The maximum atomic E-state index is 13.0. The number of esters is 2. The van der Waals surface area contributed by atoms with Gasteiger partial charge in [0.05, 0.1) is 7.11 Å². The second-order valence-corrected chi connectivity index (χ2v) is 7.54. The van der Waals surface area contributed by atoms with E-state index in [0.717, 1.165) is 12.7 Å². The molecule has 0 saturated heterocycles. The first-order chi connectivity index (χ1) is 13.7. The number of anilines is 1. The monoisotopic (exact) mass is 397 g/mol. The molecule has 0 amide bonds. The molecule has 0 radical (unpaired) electrons. The van der Waals surface area contributed by atoms with Crippen LogP contribution < -0.4 is 5.32 Å². The molecule has 2 aromatic carbocycles. The van der Waals surface area contributed by atoms with Crippen LogP contribution in [0.1, 0.15) is 26.3 Å². The zero-order valence-corrected chi connectivity index (χ0v) is 17.1. The Kier molecular flexibility index (Phi) is 7.18. The highest BCUT2D eigenvalue weighted by Gasteiger charge is 2.49. The first-order valence-corrected chi connectivity index (χ1v) is 9.25. The van der Waals surface area contributed by atoms with Crippen LogP contribution in [0, 0.1) is 0 Å². The Morgan fingerprint density at radius 1 is 1.00 bits per heavy atom. The lowest BCUT2D eigenvalue weighted by Crippen LogP contribution is -2.57. The van der Waals surface area contributed by atoms with Crippen molar-refractivity contribution in [1.29, 1.82) is 0 Å². The first-order valence-electron chi connectivity index (χ1n) is 9.25. The fraction of sp³-hybridized carbons (Fsp3) is 0.304. The van der Waals surface area contributed by atoms with Crippen LogP contribution in [-0.4, -0.2) is 41.4 Å². The van der Waals surface area contributed by atoms with Crippen LogP contribution in [0.25, 0.3) is 6.08 Å². The summed E-state index contributed by atoms with van der Waals surface area (Å²) in [5.74, 6) is -1.77. The fourth-order valence-electron chi connectivity index (χ4n) is 2.64. The number of para-hydroxylation sites is 1. The van der Waals surface area contributed by atoms with Gasteiger partial charge in [-0.05, 0) is 44.5 Å². The molecular formula is C23H27NO5. The summed E-state index contributed by atoms with van der Waals surface area (Å²) in [7, 11) is 1.15. The van der Waals surface area contributed by atoms with Crippen molar-refractivity contribution >= 4 is 23.7 Å². The largest absolute Gasteiger partial charge is 0.467 e. The van der Waals surface area contributed by atoms with E-state index in [9.17, 15) is 14.7 Å². The summed E-state index contributed by atoms with van der Waals surface area (Å²) in [4.78, 5) is 25.5. The number of rotatable bonds is 7. The molecule has 0 unspecified atom stereocenters. The van der Waals surface area contributed by atoms with Crippen molar-refractivity contribution in [2.45, 2.75) is 38.0 Å². The molecule has 154 valence electrons. The lowest BCUT2D eigenvalue weighted by molar-refractivity contribution is -0.171. The van der Waals surface area contributed by atoms with Gasteiger partial charge < -0.3 is 19.9 Å². The van der Waals surface area contributed by atoms with Gasteiger partial charge in [-0.15, -0.1) is 0 Å². The minimum Gasteiger partial charge on any atom is -0.467 e. The Balaban J connectivity index is 2.48. The minimum absolute atomic E-state index is 0.541. The van der Waals surface area contributed by atoms with Gasteiger partial charge >= 0.3 is 11.9 Å². The van der Waals surface area contributed by atoms with E-state index in [1.54, 1.807) is 63.2 Å². The SMILES string of the molecule is COC(=O)[C@@](O)(/C=C/c1ccccc1)[C@H](Nc1ccccc1)C(=O)OC(C)(C)C. The Labute approximate surface area is 171 Å². The molecular weight excluding hydrogens is 370 g/mol. The van der Waals surface area contributed by atoms with Crippen molar-refractivity contribution in [1.82, 2.24) is 0 Å². The van der Waals surface area contributed by atoms with Crippen LogP contribution in [0.15, 0.2) is 66.7 Å². The Hall–Kier alpha value is -3.12. The van der Waals surface area contributed by atoms with E-state index in [0.29, 0.717) is 5.69 Å². The van der Waals surface area contributed by atoms with Gasteiger partial charge in [-0.2, -0.15) is 0 Å². The summed E-state index contributed by atoms with van der Waals surface area (Å²) in [6.45, 7) is 5.13. The van der Waals surface area contributed by atoms with E-state index in [2.05, 4.69) is 5.32 Å². The van der Waals surface area contributed by atoms with Gasteiger partial charge in [-0.3, -0.25) is 0 Å². The number of ether oxygens (including phenoxy) is 2. The summed E-state index contributed by atoms with van der Waals surface area (Å²) in [5, 5.41) is 14.2. The molecule has 0 aromatic heterocycles. The number of nitrogens with one attached hydrogen (secondary N) is 1. The second kappa shape index (κ2) is 9.39. The third-order valence-corrected chi connectivity index (χ3v) is 4.01. The maximum Gasteiger partial charge on any atom is 0.344 e. The molecule has 2 N–H and O–H groups in total. The molecule has 2 aromatic rings. The molecule has 2 atom stereocenters. The quantitative estimate of drug-likeness (QED) is 0.697. The number of hydrogen-bond donors (Lipinski definition) is 2. The number of benzene rings is 2. The predicted octanol–water partition coefficient (Wildman–Crippen LogP) is 3.43. The number of carbonyl (C=O) groups excluding carboxylic acids is 2. The molecule has 2 rings (SSSR count). The third kappa shape index (κ3) is 6.19. The molecule has 0 saturated carbocycles. The Morgan fingerprint density at radius 2 is 1.55 bits per heavy atom. The molecule has 29 heavy (non-hydrogen) atoms. The highest BCUT2D eigenvalue weighted by Crippen LogP contribution is 2.24. The lowest BCUT2D eigenvalue weighted by atomic mass is 9.91. The topological polar surface area (TPSA) is 84.9 Å². The fourth-order valence-corrected chi connectivity index (χ4v) is 2.64. The lowest BCUT2D eigenvalue weighted by Gasteiger charge is -2.33. The number of carbonyl (C=O) groups is 2. The highest BCUT2D eigenvalue weighted by molar-refractivity contribution is 5.94. The molecule has 0 bridgehead atoms. The van der Waals surface area contributed by atoms with E-state index in [1.807, 2.05) is 24.3 Å². The standard InChI is InChI=1S/C23H27NO5/c1-22(2,3)29-20(25)19(24-18-13-9-6-10-14-18)23(27,21(26)28-4)16-15-17-11-7-5-8-12-17/h5-16,19,24,27H,1-4H3/b16-15+/t19-,23-/m1/s1. The molecule has 0 aliphatic carbocycles. The molecule has 0 spiro atoms. The van der Waals surface area contributed by atoms with Crippen LogP contribution in [0.4, 0.5) is 5.69 Å². The van der Waals surface area contributed by atoms with E-state index in [4.69, 9.17) is 9.47 Å². The van der Waals surface area contributed by atoms with Crippen molar-refractivity contribution in [3.8, 4) is 0 Å². The molecule has 0 aliphatic heterocycles. The zero-order chi connectivity index (χ0) is 21.5. The second-order valence-electron chi connectivity index (χ2n) is 7.54. The van der Waals surface area contributed by atoms with Crippen LogP contribution in [0.3, 0.4) is 0 Å². The highest BCUT2D eigenvalue weighted by atomic mass is 16.6. The van der Waals surface area contributed by atoms with Crippen LogP contribution in [0.2, 0.25) is 0 Å². The summed E-state index contributed by atoms with van der Waals surface area (Å²) < 4.78 is 10.3. The van der Waals surface area contributed by atoms with Gasteiger partial charge in [0.15, 0.2) is 6.04 Å². The van der Waals surface area contributed by atoms with E-state index in [-0.39, 0.29) is 0 Å². The molecule has 0 aliphatic rings. The van der Waals surface area contributed by atoms with Crippen molar-refractivity contribution in [2.24, 2.45) is 0 Å². The van der Waals surface area contributed by atoms with Gasteiger partial charge in [-0.1, -0.05) is 54.6 Å². The summed E-state index contributed by atoms with van der Waals surface area (Å²) >= 11 is 0. The average Bonchev–Trinajstić information content (AvgIpc) is 2.69. The zero-order valence-electron chi connectivity index (χ0n) is 17.1. The Morgan fingerprint density at radius 3 is 2.07 bits per heavy atom. The predicted molar refractivity (Wildman–Crippen MR) is 112 cm³/mol. The average molecular weight is 397 g/mol. The third-order valence-electron chi connectivity index (χ3n) is 4.01. The molecule has 6 nitrogen and oxygen atoms in total. The van der Waals surface area contributed by atoms with E-state index >= 15 is 0 Å². The van der Waals surface area contributed by atoms with Gasteiger partial charge in [0.25, 0.3) is 0 Å². The molecule has 0 heterocycles. The maximum absolute atomic E-state index is 13.0. The van der Waals surface area contributed by atoms with Crippen LogP contribution >= 0.6 is 0 Å². The summed E-state index contributed by atoms with van der Waals surface area (Å²) in [5.41, 5.74) is -1.83.